The molecule has 92 valence electrons. The molecule has 0 fully saturated rings. The first-order valence-electron chi connectivity index (χ1n) is 5.27. The summed E-state index contributed by atoms with van der Waals surface area (Å²) in [5.41, 5.74) is 6.88. The van der Waals surface area contributed by atoms with Crippen LogP contribution in [0.2, 0.25) is 0 Å². The molecule has 0 aliphatic carbocycles. The Morgan fingerprint density at radius 3 is 3.17 bits per heavy atom. The van der Waals surface area contributed by atoms with Gasteiger partial charge in [-0.15, -0.1) is 5.10 Å². The molecule has 0 saturated carbocycles. The van der Waals surface area contributed by atoms with E-state index >= 15 is 0 Å². The van der Waals surface area contributed by atoms with Crippen LogP contribution >= 0.6 is 11.8 Å². The largest absolute Gasteiger partial charge is 0.329 e. The van der Waals surface area contributed by atoms with E-state index in [2.05, 4.69) is 20.5 Å². The number of hydrogen-bond acceptors (Lipinski definition) is 7. The second-order valence-electron chi connectivity index (χ2n) is 3.42. The second kappa shape index (κ2) is 6.09. The molecule has 2 aromatic rings. The molecule has 18 heavy (non-hydrogen) atoms. The lowest BCUT2D eigenvalue weighted by molar-refractivity contribution is 0.557. The van der Waals surface area contributed by atoms with E-state index in [1.165, 1.54) is 11.8 Å². The fourth-order valence-electron chi connectivity index (χ4n) is 1.34. The van der Waals surface area contributed by atoms with E-state index in [0.717, 1.165) is 10.7 Å². The van der Waals surface area contributed by atoms with Gasteiger partial charge in [-0.25, -0.2) is 9.67 Å². The van der Waals surface area contributed by atoms with E-state index in [9.17, 15) is 0 Å². The molecule has 0 aromatic carbocycles. The highest BCUT2D eigenvalue weighted by molar-refractivity contribution is 7.98. The number of pyridine rings is 1. The third kappa shape index (κ3) is 3.03. The van der Waals surface area contributed by atoms with Crippen molar-refractivity contribution >= 4 is 11.8 Å². The van der Waals surface area contributed by atoms with Crippen molar-refractivity contribution in [2.24, 2.45) is 5.73 Å². The third-order valence-electron chi connectivity index (χ3n) is 2.15. The molecule has 2 N–H and O–H groups in total. The Morgan fingerprint density at radius 2 is 2.39 bits per heavy atom. The van der Waals surface area contributed by atoms with Crippen molar-refractivity contribution in [3.8, 4) is 6.07 Å². The van der Waals surface area contributed by atoms with Crippen LogP contribution in [0.25, 0.3) is 0 Å². The van der Waals surface area contributed by atoms with Crippen LogP contribution in [0, 0.1) is 11.3 Å². The molecule has 0 aliphatic heterocycles. The van der Waals surface area contributed by atoms with Gasteiger partial charge in [0.05, 0.1) is 6.54 Å². The lowest BCUT2D eigenvalue weighted by Crippen LogP contribution is -2.12. The van der Waals surface area contributed by atoms with Crippen LogP contribution in [0.4, 0.5) is 0 Å². The quantitative estimate of drug-likeness (QED) is 0.765. The highest BCUT2D eigenvalue weighted by Crippen LogP contribution is 2.19. The molecule has 0 unspecified atom stereocenters. The van der Waals surface area contributed by atoms with Crippen molar-refractivity contribution in [1.82, 2.24) is 25.2 Å². The third-order valence-corrected chi connectivity index (χ3v) is 3.18. The highest BCUT2D eigenvalue weighted by atomic mass is 32.2. The van der Waals surface area contributed by atoms with Crippen molar-refractivity contribution in [1.29, 1.82) is 5.26 Å². The van der Waals surface area contributed by atoms with Crippen molar-refractivity contribution in [2.75, 3.05) is 6.54 Å². The molecule has 0 bridgehead atoms. The van der Waals surface area contributed by atoms with E-state index in [1.807, 2.05) is 12.1 Å². The summed E-state index contributed by atoms with van der Waals surface area (Å²) < 4.78 is 1.66. The Kier molecular flexibility index (Phi) is 4.22. The summed E-state index contributed by atoms with van der Waals surface area (Å²) in [4.78, 5) is 3.92. The maximum atomic E-state index is 8.76. The average Bonchev–Trinajstić information content (AvgIpc) is 2.85. The van der Waals surface area contributed by atoms with Crippen molar-refractivity contribution in [3.63, 3.8) is 0 Å². The number of thioether (sulfide) groups is 1. The fourth-order valence-corrected chi connectivity index (χ4v) is 2.18. The van der Waals surface area contributed by atoms with E-state index in [-0.39, 0.29) is 0 Å². The Bertz CT molecular complexity index is 559. The summed E-state index contributed by atoms with van der Waals surface area (Å²) in [5.74, 6) is 0.683. The number of nitrogens with two attached hydrogens (primary N) is 1. The van der Waals surface area contributed by atoms with Crippen LogP contribution in [-0.2, 0) is 12.3 Å². The van der Waals surface area contributed by atoms with Gasteiger partial charge in [-0.05, 0) is 28.1 Å². The predicted octanol–water partition coefficient (Wildman–Crippen LogP) is 0.191. The molecule has 7 nitrogen and oxygen atoms in total. The molecule has 0 spiro atoms. The first-order valence-corrected chi connectivity index (χ1v) is 6.26. The van der Waals surface area contributed by atoms with Gasteiger partial charge in [0.1, 0.15) is 11.8 Å². The average molecular weight is 261 g/mol. The molecule has 0 atom stereocenters. The molecular formula is C10H11N7S. The molecule has 0 radical (unpaired) electrons. The molecule has 0 amide bonds. The van der Waals surface area contributed by atoms with E-state index in [0.29, 0.717) is 24.5 Å². The van der Waals surface area contributed by atoms with Gasteiger partial charge < -0.3 is 5.73 Å². The van der Waals surface area contributed by atoms with Gasteiger partial charge in [-0.3, -0.25) is 0 Å². The Hall–Kier alpha value is -1.98. The predicted molar refractivity (Wildman–Crippen MR) is 65.4 cm³/mol. The zero-order valence-electron chi connectivity index (χ0n) is 9.52. The summed E-state index contributed by atoms with van der Waals surface area (Å²) in [6.45, 7) is 1.08. The first-order chi connectivity index (χ1) is 8.83. The van der Waals surface area contributed by atoms with Crippen LogP contribution in [0.3, 0.4) is 0 Å². The lowest BCUT2D eigenvalue weighted by atomic mass is 10.2. The van der Waals surface area contributed by atoms with Gasteiger partial charge in [0.2, 0.25) is 5.16 Å². The fraction of sp³-hybridized carbons (Fsp3) is 0.300. The molecule has 2 rings (SSSR count). The van der Waals surface area contributed by atoms with Crippen LogP contribution in [-0.4, -0.2) is 31.7 Å². The highest BCUT2D eigenvalue weighted by Gasteiger charge is 2.06. The molecule has 0 aliphatic rings. The summed E-state index contributed by atoms with van der Waals surface area (Å²) in [6, 6.07) is 5.63. The van der Waals surface area contributed by atoms with Crippen molar-refractivity contribution < 1.29 is 0 Å². The van der Waals surface area contributed by atoms with Crippen LogP contribution in [0.5, 0.6) is 0 Å². The normalized spacial score (nSPS) is 10.2. The molecule has 2 aromatic heterocycles. The van der Waals surface area contributed by atoms with Gasteiger partial charge >= 0.3 is 0 Å². The zero-order chi connectivity index (χ0) is 12.8. The Labute approximate surface area is 108 Å². The number of nitriles is 1. The van der Waals surface area contributed by atoms with Crippen LogP contribution in [0.1, 0.15) is 11.3 Å². The van der Waals surface area contributed by atoms with Gasteiger partial charge in [0.25, 0.3) is 0 Å². The topological polar surface area (TPSA) is 106 Å². The second-order valence-corrected chi connectivity index (χ2v) is 4.37. The number of nitrogens with zero attached hydrogens (tertiary/aromatic N) is 6. The summed E-state index contributed by atoms with van der Waals surface area (Å²) in [7, 11) is 0. The smallest absolute Gasteiger partial charge is 0.209 e. The monoisotopic (exact) mass is 261 g/mol. The van der Waals surface area contributed by atoms with Crippen molar-refractivity contribution in [2.45, 2.75) is 17.5 Å². The van der Waals surface area contributed by atoms with Crippen LogP contribution < -0.4 is 5.73 Å². The van der Waals surface area contributed by atoms with Gasteiger partial charge in [-0.2, -0.15) is 5.26 Å². The van der Waals surface area contributed by atoms with Gasteiger partial charge in [0, 0.05) is 18.5 Å². The Balaban J connectivity index is 2.02. The minimum absolute atomic E-state index is 0.412. The summed E-state index contributed by atoms with van der Waals surface area (Å²) in [6.07, 6.45) is 1.62. The minimum atomic E-state index is 0.412. The molecule has 0 saturated heterocycles. The lowest BCUT2D eigenvalue weighted by Gasteiger charge is -2.02. The SMILES string of the molecule is N#Cc1cc(CSc2nnnn2CCN)ccn1. The first kappa shape index (κ1) is 12.5. The summed E-state index contributed by atoms with van der Waals surface area (Å²) >= 11 is 1.50. The van der Waals surface area contributed by atoms with E-state index in [4.69, 9.17) is 11.0 Å². The maximum absolute atomic E-state index is 8.76. The van der Waals surface area contributed by atoms with E-state index in [1.54, 1.807) is 16.9 Å². The van der Waals surface area contributed by atoms with E-state index < -0.39 is 0 Å². The Morgan fingerprint density at radius 1 is 1.50 bits per heavy atom. The molecular weight excluding hydrogens is 250 g/mol. The maximum Gasteiger partial charge on any atom is 0.209 e. The molecule has 8 heteroatoms. The molecule has 2 heterocycles. The minimum Gasteiger partial charge on any atom is -0.329 e. The number of rotatable bonds is 5. The standard InChI is InChI=1S/C10H11N7S/c11-2-4-17-10(14-15-16-17)18-7-8-1-3-13-9(5-8)6-12/h1,3,5H,2,4,7,11H2. The van der Waals surface area contributed by atoms with Gasteiger partial charge in [-0.1, -0.05) is 11.8 Å². The van der Waals surface area contributed by atoms with Crippen LogP contribution in [0.15, 0.2) is 23.5 Å². The zero-order valence-corrected chi connectivity index (χ0v) is 10.3. The summed E-state index contributed by atoms with van der Waals surface area (Å²) in [5, 5.41) is 20.8. The number of aromatic nitrogens is 5. The van der Waals surface area contributed by atoms with Crippen molar-refractivity contribution in [3.05, 3.63) is 29.6 Å². The number of hydrogen-bond donors (Lipinski definition) is 1. The van der Waals surface area contributed by atoms with Gasteiger partial charge in [0.15, 0.2) is 0 Å². The number of tetrazole rings is 1.